The van der Waals surface area contributed by atoms with Crippen molar-refractivity contribution in [1.82, 2.24) is 4.57 Å². The van der Waals surface area contributed by atoms with Gasteiger partial charge in [0.1, 0.15) is 11.4 Å². The summed E-state index contributed by atoms with van der Waals surface area (Å²) < 4.78 is 8.67. The molecule has 10 aromatic rings. The summed E-state index contributed by atoms with van der Waals surface area (Å²) in [5.74, 6) is 1.33. The highest BCUT2D eigenvalue weighted by Gasteiger charge is 2.36. The van der Waals surface area contributed by atoms with E-state index in [2.05, 4.69) is 292 Å². The van der Waals surface area contributed by atoms with Crippen molar-refractivity contribution in [3.05, 3.63) is 223 Å². The largest absolute Gasteiger partial charge is 0.488 e. The Labute approximate surface area is 440 Å². The van der Waals surface area contributed by atoms with Crippen LogP contribution in [0.3, 0.4) is 0 Å². The molecule has 0 amide bonds. The molecule has 1 heterocycles. The van der Waals surface area contributed by atoms with Crippen LogP contribution in [-0.2, 0) is 5.41 Å². The molecular weight excluding hydrogens is 897 g/mol. The standard InChI is InChI=1S/C71H70N2O/c1-68(2,3)46-65(69(4,5)6)51-23-21-49(22-24-51)52-29-41-66-61(43-52)62-44-53(30-42-67(62)73(66)56-35-38-58(39-36-56)74-70(7,8)9)50-27-33-55(34-28-50)72(54-31-25-48(26-32-54)47-17-13-12-14-18-47)57-37-40-60-59-19-15-16-20-63(59)71(10,11)64(60)45-57/h12-45,65H,46H2,1-11H3. The summed E-state index contributed by atoms with van der Waals surface area (Å²) in [5, 5.41) is 2.44. The van der Waals surface area contributed by atoms with Gasteiger partial charge in [-0.3, -0.25) is 0 Å². The molecule has 0 N–H and O–H groups in total. The van der Waals surface area contributed by atoms with Gasteiger partial charge >= 0.3 is 0 Å². The van der Waals surface area contributed by atoms with Crippen LogP contribution < -0.4 is 9.64 Å². The Hall–Kier alpha value is -7.62. The van der Waals surface area contributed by atoms with Gasteiger partial charge in [0, 0.05) is 38.9 Å². The van der Waals surface area contributed by atoms with Gasteiger partial charge in [-0.2, -0.15) is 0 Å². The molecule has 0 aliphatic heterocycles. The molecule has 1 atom stereocenters. The lowest BCUT2D eigenvalue weighted by Gasteiger charge is -2.36. The minimum atomic E-state index is -0.282. The van der Waals surface area contributed by atoms with E-state index < -0.39 is 0 Å². The van der Waals surface area contributed by atoms with E-state index in [0.29, 0.717) is 5.92 Å². The lowest BCUT2D eigenvalue weighted by molar-refractivity contribution is 0.131. The van der Waals surface area contributed by atoms with Crippen LogP contribution in [0.15, 0.2) is 206 Å². The van der Waals surface area contributed by atoms with E-state index in [-0.39, 0.29) is 21.8 Å². The summed E-state index contributed by atoms with van der Waals surface area (Å²) >= 11 is 0. The zero-order valence-corrected chi connectivity index (χ0v) is 45.2. The van der Waals surface area contributed by atoms with E-state index >= 15 is 0 Å². The van der Waals surface area contributed by atoms with E-state index in [4.69, 9.17) is 4.74 Å². The van der Waals surface area contributed by atoms with E-state index in [1.165, 1.54) is 83.0 Å². The molecule has 1 aliphatic carbocycles. The first kappa shape index (κ1) is 48.6. The van der Waals surface area contributed by atoms with Crippen LogP contribution in [0.25, 0.3) is 72.0 Å². The Bertz CT molecular complexity index is 3650. The Morgan fingerprint density at radius 3 is 1.46 bits per heavy atom. The molecule has 0 spiro atoms. The topological polar surface area (TPSA) is 17.4 Å². The van der Waals surface area contributed by atoms with Crippen LogP contribution in [0.1, 0.15) is 105 Å². The van der Waals surface area contributed by atoms with Crippen molar-refractivity contribution in [3.8, 4) is 55.9 Å². The number of aromatic nitrogens is 1. The third-order valence-corrected chi connectivity index (χ3v) is 15.3. The van der Waals surface area contributed by atoms with Gasteiger partial charge in [0.2, 0.25) is 0 Å². The second-order valence-corrected chi connectivity index (χ2v) is 24.5. The Morgan fingerprint density at radius 2 is 0.919 bits per heavy atom. The maximum atomic E-state index is 6.26. The third kappa shape index (κ3) is 9.34. The van der Waals surface area contributed by atoms with E-state index in [1.807, 2.05) is 0 Å². The maximum absolute atomic E-state index is 6.26. The lowest BCUT2D eigenvalue weighted by atomic mass is 9.69. The smallest absolute Gasteiger partial charge is 0.120 e. The predicted octanol–water partition coefficient (Wildman–Crippen LogP) is 20.3. The Balaban J connectivity index is 0.996. The van der Waals surface area contributed by atoms with Crippen LogP contribution in [-0.4, -0.2) is 10.2 Å². The molecule has 0 saturated carbocycles. The average Bonchev–Trinajstić information content (AvgIpc) is 3.83. The number of hydrogen-bond acceptors (Lipinski definition) is 2. The van der Waals surface area contributed by atoms with Gasteiger partial charge in [-0.15, -0.1) is 0 Å². The van der Waals surface area contributed by atoms with Gasteiger partial charge < -0.3 is 14.2 Å². The molecule has 9 aromatic carbocycles. The van der Waals surface area contributed by atoms with Crippen molar-refractivity contribution >= 4 is 38.9 Å². The van der Waals surface area contributed by atoms with Crippen LogP contribution in [0.5, 0.6) is 5.75 Å². The number of fused-ring (bicyclic) bond motifs is 6. The first-order chi connectivity index (χ1) is 35.3. The molecule has 0 radical (unpaired) electrons. The zero-order chi connectivity index (χ0) is 51.7. The summed E-state index contributed by atoms with van der Waals surface area (Å²) in [4.78, 5) is 2.41. The second-order valence-electron chi connectivity index (χ2n) is 24.5. The molecular formula is C71H70N2O. The molecule has 1 aromatic heterocycles. The number of ether oxygens (including phenoxy) is 1. The minimum absolute atomic E-state index is 0.118. The number of rotatable bonds is 10. The molecule has 3 nitrogen and oxygen atoms in total. The Kier molecular flexibility index (Phi) is 12.1. The van der Waals surface area contributed by atoms with Crippen molar-refractivity contribution < 1.29 is 4.74 Å². The molecule has 1 aliphatic rings. The van der Waals surface area contributed by atoms with Crippen LogP contribution in [0.2, 0.25) is 0 Å². The van der Waals surface area contributed by atoms with E-state index in [0.717, 1.165) is 34.9 Å². The molecule has 74 heavy (non-hydrogen) atoms. The quantitative estimate of drug-likeness (QED) is 0.136. The molecule has 0 fully saturated rings. The lowest BCUT2D eigenvalue weighted by Crippen LogP contribution is -2.23. The van der Waals surface area contributed by atoms with Gasteiger partial charge in [0.05, 0.1) is 11.0 Å². The molecule has 0 bridgehead atoms. The summed E-state index contributed by atoms with van der Waals surface area (Å²) in [5.41, 5.74) is 20.8. The second kappa shape index (κ2) is 18.4. The van der Waals surface area contributed by atoms with Crippen LogP contribution in [0, 0.1) is 10.8 Å². The monoisotopic (exact) mass is 967 g/mol. The maximum Gasteiger partial charge on any atom is 0.120 e. The van der Waals surface area contributed by atoms with E-state index in [1.54, 1.807) is 0 Å². The molecule has 370 valence electrons. The fourth-order valence-corrected chi connectivity index (χ4v) is 11.6. The first-order valence-corrected chi connectivity index (χ1v) is 26.6. The highest BCUT2D eigenvalue weighted by molar-refractivity contribution is 6.11. The van der Waals surface area contributed by atoms with Gasteiger partial charge in [-0.25, -0.2) is 0 Å². The van der Waals surface area contributed by atoms with Crippen LogP contribution in [0.4, 0.5) is 17.1 Å². The van der Waals surface area contributed by atoms with Gasteiger partial charge in [-0.1, -0.05) is 177 Å². The van der Waals surface area contributed by atoms with Gasteiger partial charge in [-0.05, 0) is 190 Å². The number of nitrogens with zero attached hydrogens (tertiary/aromatic N) is 2. The van der Waals surface area contributed by atoms with Crippen molar-refractivity contribution in [2.75, 3.05) is 4.90 Å². The van der Waals surface area contributed by atoms with Crippen molar-refractivity contribution in [3.63, 3.8) is 0 Å². The predicted molar refractivity (Wildman–Crippen MR) is 316 cm³/mol. The fraction of sp³-hybridized carbons (Fsp3) is 0.239. The first-order valence-electron chi connectivity index (χ1n) is 26.6. The highest BCUT2D eigenvalue weighted by atomic mass is 16.5. The van der Waals surface area contributed by atoms with Gasteiger partial charge in [0.25, 0.3) is 0 Å². The number of hydrogen-bond donors (Lipinski definition) is 0. The third-order valence-electron chi connectivity index (χ3n) is 15.3. The summed E-state index contributed by atoms with van der Waals surface area (Å²) in [7, 11) is 0. The highest BCUT2D eigenvalue weighted by Crippen LogP contribution is 2.51. The van der Waals surface area contributed by atoms with Crippen molar-refractivity contribution in [2.24, 2.45) is 10.8 Å². The molecule has 1 unspecified atom stereocenters. The zero-order valence-electron chi connectivity index (χ0n) is 45.2. The summed E-state index contributed by atoms with van der Waals surface area (Å²) in [6.45, 7) is 25.2. The summed E-state index contributed by atoms with van der Waals surface area (Å²) in [6.07, 6.45) is 1.14. The number of anilines is 3. The number of benzene rings is 9. The van der Waals surface area contributed by atoms with Gasteiger partial charge in [0.15, 0.2) is 0 Å². The molecule has 3 heteroatoms. The normalized spacial score (nSPS) is 13.7. The average molecular weight is 967 g/mol. The van der Waals surface area contributed by atoms with Crippen LogP contribution >= 0.6 is 0 Å². The van der Waals surface area contributed by atoms with Crippen molar-refractivity contribution in [2.45, 2.75) is 99.5 Å². The Morgan fingerprint density at radius 1 is 0.446 bits per heavy atom. The van der Waals surface area contributed by atoms with E-state index in [9.17, 15) is 0 Å². The SMILES string of the molecule is CC(C)(C)CC(c1ccc(-c2ccc3c(c2)c2cc(-c4ccc(N(c5ccc(-c6ccccc6)cc5)c5ccc6c(c5)C(C)(C)c5ccccc5-6)cc4)ccc2n3-c2ccc(OC(C)(C)C)cc2)cc1)C(C)(C)C. The molecule has 0 saturated heterocycles. The van der Waals surface area contributed by atoms with Crippen molar-refractivity contribution in [1.29, 1.82) is 0 Å². The summed E-state index contributed by atoms with van der Waals surface area (Å²) in [6, 6.07) is 76.7. The fourth-order valence-electron chi connectivity index (χ4n) is 11.6. The minimum Gasteiger partial charge on any atom is -0.488 e. The molecule has 11 rings (SSSR count).